The van der Waals surface area contributed by atoms with Gasteiger partial charge in [-0.25, -0.2) is 27.5 Å². The molecule has 6 N–H and O–H groups in total. The Morgan fingerprint density at radius 2 is 0.693 bits per heavy atom. The average Bonchev–Trinajstić information content (AvgIpc) is 1.62. The van der Waals surface area contributed by atoms with E-state index in [2.05, 4.69) is 205 Å². The Bertz CT molecular complexity index is 6760. The van der Waals surface area contributed by atoms with E-state index in [0.29, 0.717) is 109 Å². The number of amides is 4. The van der Waals surface area contributed by atoms with Gasteiger partial charge in [-0.1, -0.05) is 104 Å². The van der Waals surface area contributed by atoms with E-state index < -0.39 is 0 Å². The van der Waals surface area contributed by atoms with Crippen LogP contribution in [0.3, 0.4) is 0 Å². The van der Waals surface area contributed by atoms with Gasteiger partial charge in [-0.3, -0.25) is 68.1 Å². The number of carbonyl (C=O) groups is 4. The molecule has 4 fully saturated rings. The minimum atomic E-state index is -0.254. The highest BCUT2D eigenvalue weighted by Gasteiger charge is 2.47. The quantitative estimate of drug-likeness (QED) is 0.0274. The number of rotatable bonds is 26. The van der Waals surface area contributed by atoms with Crippen LogP contribution in [-0.4, -0.2) is 265 Å². The number of anilines is 4. The highest BCUT2D eigenvalue weighted by molar-refractivity contribution is 6.00. The van der Waals surface area contributed by atoms with Crippen LogP contribution in [0.25, 0.3) is 0 Å². The number of carbonyl (C=O) groups excluding carboxylic acids is 4. The number of hydrogen-bond acceptors (Lipinski definition) is 22. The fourth-order valence-corrected chi connectivity index (χ4v) is 22.4. The highest BCUT2D eigenvalue weighted by atomic mass is 19.1. The van der Waals surface area contributed by atoms with Crippen molar-refractivity contribution in [2.24, 2.45) is 0 Å². The smallest absolute Gasteiger partial charge is 0.241 e. The predicted molar refractivity (Wildman–Crippen MR) is 576 cm³/mol. The summed E-state index contributed by atoms with van der Waals surface area (Å²) in [7, 11) is 0. The van der Waals surface area contributed by atoms with Crippen LogP contribution in [0.4, 0.5) is 40.3 Å². The van der Waals surface area contributed by atoms with Gasteiger partial charge in [0.2, 0.25) is 23.6 Å². The summed E-state index contributed by atoms with van der Waals surface area (Å²) < 4.78 is 61.6. The van der Waals surface area contributed by atoms with Crippen molar-refractivity contribution in [1.82, 2.24) is 99.5 Å². The highest BCUT2D eigenvalue weighted by Crippen LogP contribution is 2.45. The number of nitrogens with one attached hydrogen (secondary N) is 4. The maximum atomic E-state index is 13.9. The van der Waals surface area contributed by atoms with E-state index in [4.69, 9.17) is 19.9 Å². The zero-order valence-corrected chi connectivity index (χ0v) is 90.2. The van der Waals surface area contributed by atoms with Crippen molar-refractivity contribution in [2.75, 3.05) is 124 Å². The minimum Gasteiger partial charge on any atom is -0.390 e. The van der Waals surface area contributed by atoms with Crippen molar-refractivity contribution in [2.45, 2.75) is 260 Å². The lowest BCUT2D eigenvalue weighted by Gasteiger charge is -2.40. The molecule has 8 aliphatic rings. The first kappa shape index (κ1) is 109. The Hall–Kier alpha value is -12.5. The molecule has 8 atom stereocenters. The lowest BCUT2D eigenvalue weighted by molar-refractivity contribution is -0.121. The summed E-state index contributed by atoms with van der Waals surface area (Å²) in [6.45, 7) is 50.5. The third-order valence-corrected chi connectivity index (χ3v) is 31.0. The van der Waals surface area contributed by atoms with E-state index in [9.17, 15) is 47.0 Å². The molecule has 0 saturated carbocycles. The molecule has 0 aliphatic carbocycles. The summed E-state index contributed by atoms with van der Waals surface area (Å²) >= 11 is 0. The molecule has 34 heteroatoms. The van der Waals surface area contributed by atoms with E-state index in [1.54, 1.807) is 54.7 Å². The Kier molecular flexibility index (Phi) is 33.3. The number of nitrogens with zero attached hydrogens (tertiary/aromatic N) is 20. The number of fused-ring (bicyclic) bond motifs is 4. The van der Waals surface area contributed by atoms with Gasteiger partial charge in [0.05, 0.1) is 127 Å². The molecule has 8 aromatic heterocycles. The van der Waals surface area contributed by atoms with Gasteiger partial charge >= 0.3 is 0 Å². The molecule has 150 heavy (non-hydrogen) atoms. The van der Waals surface area contributed by atoms with Gasteiger partial charge in [-0.2, -0.15) is 10.2 Å². The summed E-state index contributed by atoms with van der Waals surface area (Å²) in [5.74, 6) is 1.03. The largest absolute Gasteiger partial charge is 0.390 e. The Balaban J connectivity index is 0.000000136. The van der Waals surface area contributed by atoms with Crippen LogP contribution in [-0.2, 0) is 106 Å². The van der Waals surface area contributed by atoms with Gasteiger partial charge in [0.25, 0.3) is 0 Å². The number of imidazole rings is 2. The fraction of sp³-hybridized carbons (Fsp3) is 0.483. The Labute approximate surface area is 878 Å². The lowest BCUT2D eigenvalue weighted by Crippen LogP contribution is -2.59. The topological polar surface area (TPSA) is 306 Å². The van der Waals surface area contributed by atoms with Crippen LogP contribution in [0.15, 0.2) is 171 Å². The first-order chi connectivity index (χ1) is 71.5. The molecule has 16 heterocycles. The van der Waals surface area contributed by atoms with Crippen LogP contribution < -0.4 is 40.9 Å². The number of aliphatic hydroxyl groups excluding tert-OH is 2. The molecule has 4 saturated heterocycles. The number of hydrogen-bond donors (Lipinski definition) is 6. The minimum absolute atomic E-state index is 0.0568. The van der Waals surface area contributed by atoms with Gasteiger partial charge in [-0.05, 0) is 223 Å². The Morgan fingerprint density at radius 3 is 0.987 bits per heavy atom. The number of aromatic nitrogens is 12. The maximum Gasteiger partial charge on any atom is 0.241 e. The van der Waals surface area contributed by atoms with E-state index in [-0.39, 0.29) is 118 Å². The zero-order valence-electron chi connectivity index (χ0n) is 90.2. The molecule has 796 valence electrons. The van der Waals surface area contributed by atoms with E-state index in [0.717, 1.165) is 179 Å². The van der Waals surface area contributed by atoms with E-state index in [1.807, 2.05) is 86.8 Å². The lowest BCUT2D eigenvalue weighted by atomic mass is 9.91. The molecule has 12 aromatic rings. The van der Waals surface area contributed by atoms with Crippen LogP contribution >= 0.6 is 0 Å². The molecular weight excluding hydrogens is 1900 g/mol. The normalized spacial score (nSPS) is 21.2. The first-order valence-corrected chi connectivity index (χ1v) is 52.8. The van der Waals surface area contributed by atoms with Gasteiger partial charge < -0.3 is 60.2 Å². The molecule has 20 rings (SSSR count). The summed E-state index contributed by atoms with van der Waals surface area (Å²) in [5, 5.41) is 42.7. The standard InChI is InChI=1S/2C29H37FN6O2.2C29H37FN6O/c1-19-14-34(24(12-31-19)15-35-20(2)32-13-25(35)17-37)16-27(38)36-18-29(3,4)28-26(36)10-22(11-33-28)9-21-5-7-23(30)8-6-21;1-19-13-35(25(12-31-19)15-34-14-24(17-37)33-20(34)2)16-27(38)36-18-29(3,4)28-26(36)10-22(11-32-28)9-21-5-7-23(30)8-6-21;1-19-14-35(33-21(19)3)16-25-13-31-20(2)15-34(25)17-27(37)36-18-29(4,5)28-26(36)11-23(12-32-28)10-22-6-8-24(30)9-7-22;1-19-12-33-36(21(19)3)16-25-14-31-20(2)15-34(25)17-27(37)35-18-29(4,5)28-26(35)11-23(13-32-28)10-22-6-8-24(30)9-7-22/h5-8,10-11,13,19,24,31,37H,9,12,14-18H2,1-4H3;5-8,10-11,14,19,25,31,37H,9,12-13,15-18H2,1-4H3;6-9,11-12,14,20,25,31H,10,13,15-18H2,1-5H3;6-9,11-13,20,25,31H,10,14-18H2,1-5H3/t19-,24-;19-,25-;2*20-,25-/m1111/s1. The van der Waals surface area contributed by atoms with Crippen LogP contribution in [0, 0.1) is 64.8 Å². The molecule has 4 aromatic carbocycles. The van der Waals surface area contributed by atoms with Gasteiger partial charge in [0.15, 0.2) is 0 Å². The molecule has 0 bridgehead atoms. The van der Waals surface area contributed by atoms with Crippen molar-refractivity contribution < 1.29 is 47.0 Å². The van der Waals surface area contributed by atoms with Gasteiger partial charge in [0, 0.05) is 204 Å². The Morgan fingerprint density at radius 1 is 0.373 bits per heavy atom. The zero-order chi connectivity index (χ0) is 107. The van der Waals surface area contributed by atoms with Gasteiger partial charge in [0.1, 0.15) is 34.9 Å². The third kappa shape index (κ3) is 25.6. The third-order valence-electron chi connectivity index (χ3n) is 31.0. The van der Waals surface area contributed by atoms with Crippen LogP contribution in [0.5, 0.6) is 0 Å². The van der Waals surface area contributed by atoms with Crippen molar-refractivity contribution in [3.63, 3.8) is 0 Å². The molecule has 8 aliphatic heterocycles. The molecule has 0 spiro atoms. The first-order valence-electron chi connectivity index (χ1n) is 52.8. The molecule has 0 unspecified atom stereocenters. The molecule has 4 amide bonds. The summed E-state index contributed by atoms with van der Waals surface area (Å²) in [6, 6.07) is 36.2. The van der Waals surface area contributed by atoms with Crippen LogP contribution in [0.2, 0.25) is 0 Å². The number of aliphatic hydroxyl groups is 2. The van der Waals surface area contributed by atoms with Crippen molar-refractivity contribution >= 4 is 46.4 Å². The number of pyridine rings is 4. The van der Waals surface area contributed by atoms with E-state index in [1.165, 1.54) is 65.4 Å². The van der Waals surface area contributed by atoms with E-state index >= 15 is 0 Å². The van der Waals surface area contributed by atoms with Crippen molar-refractivity contribution in [3.8, 4) is 0 Å². The molecule has 30 nitrogen and oxygen atoms in total. The average molecular weight is 2050 g/mol. The second kappa shape index (κ2) is 46.0. The monoisotopic (exact) mass is 2050 g/mol. The molecule has 0 radical (unpaired) electrons. The maximum absolute atomic E-state index is 13.9. The van der Waals surface area contributed by atoms with Gasteiger partial charge in [-0.15, -0.1) is 0 Å². The number of benzene rings is 4. The number of aryl methyl sites for hydroxylation is 5. The fourth-order valence-electron chi connectivity index (χ4n) is 22.4. The van der Waals surface area contributed by atoms with Crippen LogP contribution in [0.1, 0.15) is 196 Å². The molecular formula is C116H148F4N24O6. The second-order valence-corrected chi connectivity index (χ2v) is 45.5. The van der Waals surface area contributed by atoms with Crippen molar-refractivity contribution in [3.05, 3.63) is 307 Å². The van der Waals surface area contributed by atoms with Crippen molar-refractivity contribution in [1.29, 1.82) is 0 Å². The number of piperazine rings is 4. The summed E-state index contributed by atoms with van der Waals surface area (Å²) in [6.07, 6.45) is 17.7. The predicted octanol–water partition coefficient (Wildman–Crippen LogP) is 12.8. The summed E-state index contributed by atoms with van der Waals surface area (Å²) in [4.78, 5) is 100. The number of halogens is 4. The second-order valence-electron chi connectivity index (χ2n) is 45.5. The summed E-state index contributed by atoms with van der Waals surface area (Å²) in [5.41, 5.74) is 20.4. The SMILES string of the molecule is Cc1cn(C[C@H]2CN[C@H](C)CN2CC(=O)N2CC(C)(C)c3ncc(Cc4ccc(F)cc4)cc32)nc1C.Cc1cnn(C[C@H]2CN[C@H](C)CN2CC(=O)N2CC(C)(C)c3ncc(Cc4ccc(F)cc4)cc32)c1C.Cc1nc(CO)cn1C[C@H]1CN[C@H](C)CN1CC(=O)N1CC(C)(C)c2ncc(Cc3ccc(F)cc3)cc21.Cc1ncc(CO)n1C[C@H]1CN[C@H](C)CN1CC(=O)N1CC(C)(C)c2ncc(Cc3ccc(F)cc3)cc21.